The van der Waals surface area contributed by atoms with Crippen LogP contribution in [0.5, 0.6) is 23.0 Å². The lowest BCUT2D eigenvalue weighted by Gasteiger charge is -2.46. The quantitative estimate of drug-likeness (QED) is 0.179. The summed E-state index contributed by atoms with van der Waals surface area (Å²) in [5, 5.41) is 13.3. The molecule has 55 heavy (non-hydrogen) atoms. The summed E-state index contributed by atoms with van der Waals surface area (Å²) in [5.41, 5.74) is 4.77. The minimum Gasteiger partial charge on any atom is -0.493 e. The molecule has 1 unspecified atom stereocenters. The summed E-state index contributed by atoms with van der Waals surface area (Å²) in [7, 11) is 1.58. The zero-order valence-corrected chi connectivity index (χ0v) is 32.3. The Morgan fingerprint density at radius 3 is 2.29 bits per heavy atom. The van der Waals surface area contributed by atoms with Crippen molar-refractivity contribution in [2.45, 2.75) is 75.8 Å². The number of likely N-dealkylation sites (tertiary alicyclic amines) is 1. The van der Waals surface area contributed by atoms with Crippen molar-refractivity contribution < 1.29 is 33.6 Å². The number of nitrogens with one attached hydrogen (secondary N) is 1. The number of carbonyl (C=O) groups excluding carboxylic acids is 1. The normalized spacial score (nSPS) is 19.2. The summed E-state index contributed by atoms with van der Waals surface area (Å²) in [6, 6.07) is 31.9. The fourth-order valence-corrected chi connectivity index (χ4v) is 8.20. The molecule has 0 radical (unpaired) electrons. The fourth-order valence-electron chi connectivity index (χ4n) is 8.20. The second kappa shape index (κ2) is 17.3. The predicted molar refractivity (Wildman–Crippen MR) is 214 cm³/mol. The van der Waals surface area contributed by atoms with E-state index in [0.717, 1.165) is 67.8 Å². The van der Waals surface area contributed by atoms with Gasteiger partial charge in [-0.2, -0.15) is 0 Å². The molecule has 2 fully saturated rings. The first-order valence-corrected chi connectivity index (χ1v) is 19.6. The van der Waals surface area contributed by atoms with E-state index in [2.05, 4.69) is 41.7 Å². The predicted octanol–water partition coefficient (Wildman–Crippen LogP) is 7.82. The van der Waals surface area contributed by atoms with Gasteiger partial charge < -0.3 is 39.0 Å². The number of methoxy groups -OCH3 is 1. The number of fused-ring (bicyclic) bond motifs is 2. The average molecular weight is 747 g/mol. The lowest BCUT2D eigenvalue weighted by molar-refractivity contribution is -0.0229. The van der Waals surface area contributed by atoms with Crippen LogP contribution in [0.4, 0.5) is 0 Å². The van der Waals surface area contributed by atoms with Crippen LogP contribution in [0.2, 0.25) is 0 Å². The van der Waals surface area contributed by atoms with Gasteiger partial charge in [0.2, 0.25) is 0 Å². The van der Waals surface area contributed by atoms with Gasteiger partial charge in [-0.15, -0.1) is 0 Å². The number of benzene rings is 4. The Labute approximate surface area is 325 Å². The van der Waals surface area contributed by atoms with E-state index in [1.165, 1.54) is 11.1 Å². The van der Waals surface area contributed by atoms with E-state index in [9.17, 15) is 9.90 Å². The second-order valence-corrected chi connectivity index (χ2v) is 15.3. The van der Waals surface area contributed by atoms with Gasteiger partial charge in [-0.25, -0.2) is 0 Å². The molecule has 9 heteroatoms. The van der Waals surface area contributed by atoms with Gasteiger partial charge in [0.25, 0.3) is 5.91 Å². The number of ether oxygens (including phenoxy) is 5. The van der Waals surface area contributed by atoms with Crippen molar-refractivity contribution in [3.63, 3.8) is 0 Å². The van der Waals surface area contributed by atoms with Gasteiger partial charge in [0.1, 0.15) is 22.7 Å². The number of hydrogen-bond acceptors (Lipinski definition) is 8. The van der Waals surface area contributed by atoms with Crippen LogP contribution in [-0.4, -0.2) is 79.7 Å². The molecule has 2 spiro atoms. The number of hydrogen-bond donors (Lipinski definition) is 2. The van der Waals surface area contributed by atoms with Gasteiger partial charge in [-0.05, 0) is 86.5 Å². The minimum atomic E-state index is -0.328. The van der Waals surface area contributed by atoms with Gasteiger partial charge in [0.15, 0.2) is 11.5 Å². The molecule has 0 bridgehead atoms. The van der Waals surface area contributed by atoms with Crippen molar-refractivity contribution >= 4 is 11.5 Å². The molecule has 290 valence electrons. The highest BCUT2D eigenvalue weighted by molar-refractivity contribution is 5.95. The summed E-state index contributed by atoms with van der Waals surface area (Å²) in [5.74, 6) is 3.10. The van der Waals surface area contributed by atoms with E-state index in [4.69, 9.17) is 23.7 Å². The summed E-state index contributed by atoms with van der Waals surface area (Å²) in [6.45, 7) is 8.49. The zero-order chi connectivity index (χ0) is 38.3. The van der Waals surface area contributed by atoms with Gasteiger partial charge in [-0.3, -0.25) is 4.79 Å². The summed E-state index contributed by atoms with van der Waals surface area (Å²) >= 11 is 0. The van der Waals surface area contributed by atoms with E-state index in [1.807, 2.05) is 67.3 Å². The van der Waals surface area contributed by atoms with Gasteiger partial charge in [-0.1, -0.05) is 66.7 Å². The maximum atomic E-state index is 13.1. The van der Waals surface area contributed by atoms with Gasteiger partial charge >= 0.3 is 0 Å². The number of piperidine rings is 2. The molecule has 4 aromatic rings. The number of aliphatic hydroxyl groups is 1. The Balaban J connectivity index is 0.000000174. The second-order valence-electron chi connectivity index (χ2n) is 15.3. The molecule has 0 aliphatic carbocycles. The number of rotatable bonds is 9. The Kier molecular flexibility index (Phi) is 12.1. The molecule has 9 nitrogen and oxygen atoms in total. The summed E-state index contributed by atoms with van der Waals surface area (Å²) in [4.78, 5) is 15.0. The number of aliphatic hydroxyl groups excluding tert-OH is 1. The average Bonchev–Trinajstić information content (AvgIpc) is 3.21. The number of nitrogens with zero attached hydrogens (tertiary/aromatic N) is 1. The molecule has 4 aliphatic rings. The van der Waals surface area contributed by atoms with E-state index in [-0.39, 0.29) is 35.7 Å². The first-order valence-electron chi connectivity index (χ1n) is 19.6. The van der Waals surface area contributed by atoms with Crippen molar-refractivity contribution in [2.75, 3.05) is 46.5 Å². The van der Waals surface area contributed by atoms with Crippen molar-refractivity contribution in [1.82, 2.24) is 10.2 Å². The van der Waals surface area contributed by atoms with Crippen LogP contribution >= 0.6 is 0 Å². The maximum Gasteiger partial charge on any atom is 0.253 e. The Bertz CT molecular complexity index is 1930. The molecule has 8 rings (SSSR count). The fraction of sp³-hybridized carbons (Fsp3) is 0.413. The van der Waals surface area contributed by atoms with Crippen LogP contribution in [0.25, 0.3) is 5.57 Å². The molecule has 4 aromatic carbocycles. The Morgan fingerprint density at radius 2 is 1.56 bits per heavy atom. The molecule has 0 saturated carbocycles. The highest BCUT2D eigenvalue weighted by atomic mass is 16.5. The minimum absolute atomic E-state index is 0.0147. The molecule has 1 atom stereocenters. The standard InChI is InChI=1S/C25H31NO5.C21H23NO2/c1-17(2)30-22-9-8-18(14-23(22)29-3)24(28)26-12-10-25(11-13-26)15-19(16-27)20-6-4-5-7-21(20)31-25;1-2-6-17(7-3-1)15-23-16-18-14-21(10-12-22-13-11-21)24-20-9-5-4-8-19(18)20/h4-9,14,17,19,27H,10-13,15-16H2,1-3H3;1-9,14,22H,10-13,15-16H2. The van der Waals surface area contributed by atoms with Crippen molar-refractivity contribution in [1.29, 1.82) is 0 Å². The van der Waals surface area contributed by atoms with E-state index in [1.54, 1.807) is 25.3 Å². The molecule has 2 saturated heterocycles. The van der Waals surface area contributed by atoms with Crippen LogP contribution in [0.15, 0.2) is 103 Å². The van der Waals surface area contributed by atoms with Crippen LogP contribution < -0.4 is 24.3 Å². The molecule has 1 amide bonds. The molecular weight excluding hydrogens is 693 g/mol. The topological polar surface area (TPSA) is 98.7 Å². The lowest BCUT2D eigenvalue weighted by Crippen LogP contribution is -2.52. The number of amides is 1. The van der Waals surface area contributed by atoms with Crippen LogP contribution in [0.1, 0.15) is 78.9 Å². The first kappa shape index (κ1) is 38.4. The van der Waals surface area contributed by atoms with Gasteiger partial charge in [0.05, 0.1) is 33.0 Å². The van der Waals surface area contributed by atoms with Crippen LogP contribution in [-0.2, 0) is 11.3 Å². The Hall–Kier alpha value is -4.83. The maximum absolute atomic E-state index is 13.1. The summed E-state index contributed by atoms with van der Waals surface area (Å²) < 4.78 is 30.0. The molecule has 2 N–H and O–H groups in total. The monoisotopic (exact) mass is 746 g/mol. The highest BCUT2D eigenvalue weighted by Gasteiger charge is 2.44. The first-order chi connectivity index (χ1) is 26.8. The number of para-hydroxylation sites is 2. The molecular formula is C46H54N2O7. The Morgan fingerprint density at radius 1 is 0.855 bits per heavy atom. The third-order valence-corrected chi connectivity index (χ3v) is 11.1. The highest BCUT2D eigenvalue weighted by Crippen LogP contribution is 2.45. The van der Waals surface area contributed by atoms with Crippen molar-refractivity contribution in [3.8, 4) is 23.0 Å². The van der Waals surface area contributed by atoms with E-state index < -0.39 is 0 Å². The molecule has 0 aromatic heterocycles. The smallest absolute Gasteiger partial charge is 0.253 e. The van der Waals surface area contributed by atoms with E-state index in [0.29, 0.717) is 43.4 Å². The van der Waals surface area contributed by atoms with Crippen molar-refractivity contribution in [3.05, 3.63) is 125 Å². The molecule has 4 aliphatic heterocycles. The van der Waals surface area contributed by atoms with E-state index >= 15 is 0 Å². The SMILES string of the molecule is C1=C(COCc2ccccc2)c2ccccc2OC12CCNCC2.COc1cc(C(=O)N2CCC3(CC2)CC(CO)c2ccccc2O3)ccc1OC(C)C. The van der Waals surface area contributed by atoms with Gasteiger partial charge in [0, 0.05) is 55.8 Å². The van der Waals surface area contributed by atoms with Crippen molar-refractivity contribution in [2.24, 2.45) is 0 Å². The van der Waals surface area contributed by atoms with Crippen LogP contribution in [0, 0.1) is 0 Å². The third kappa shape index (κ3) is 9.01. The summed E-state index contributed by atoms with van der Waals surface area (Å²) in [6.07, 6.45) is 6.60. The largest absolute Gasteiger partial charge is 0.493 e. The zero-order valence-electron chi connectivity index (χ0n) is 32.3. The molecule has 4 heterocycles. The van der Waals surface area contributed by atoms with Crippen LogP contribution in [0.3, 0.4) is 0 Å². The third-order valence-electron chi connectivity index (χ3n) is 11.1. The lowest BCUT2D eigenvalue weighted by atomic mass is 9.77. The number of carbonyl (C=O) groups is 1.